The monoisotopic (exact) mass is 251 g/mol. The summed E-state index contributed by atoms with van der Waals surface area (Å²) >= 11 is 0. The van der Waals surface area contributed by atoms with Gasteiger partial charge < -0.3 is 10.4 Å². The Morgan fingerprint density at radius 3 is 2.72 bits per heavy atom. The third-order valence-electron chi connectivity index (χ3n) is 3.89. The highest BCUT2D eigenvalue weighted by atomic mass is 19.1. The summed E-state index contributed by atoms with van der Waals surface area (Å²) in [6.45, 7) is 4.93. The smallest absolute Gasteiger partial charge is 0.133 e. The van der Waals surface area contributed by atoms with Crippen LogP contribution in [0.25, 0.3) is 0 Å². The van der Waals surface area contributed by atoms with E-state index in [0.717, 1.165) is 43.4 Å². The fourth-order valence-corrected chi connectivity index (χ4v) is 2.89. The average molecular weight is 251 g/mol. The molecule has 18 heavy (non-hydrogen) atoms. The summed E-state index contributed by atoms with van der Waals surface area (Å²) in [4.78, 5) is 0. The maximum atomic E-state index is 14.3. The van der Waals surface area contributed by atoms with Crippen LogP contribution in [0.2, 0.25) is 0 Å². The first kappa shape index (κ1) is 13.3. The van der Waals surface area contributed by atoms with Crippen molar-refractivity contribution in [1.29, 1.82) is 0 Å². The lowest BCUT2D eigenvalue weighted by atomic mass is 9.97. The van der Waals surface area contributed by atoms with Crippen molar-refractivity contribution in [3.63, 3.8) is 0 Å². The molecule has 0 spiro atoms. The second kappa shape index (κ2) is 5.70. The fraction of sp³-hybridized carbons (Fsp3) is 0.600. The topological polar surface area (TPSA) is 32.3 Å². The quantitative estimate of drug-likeness (QED) is 0.810. The SMILES string of the molecule is CCN[C@H]1CCc2cc(O)c(CC)c(F)c2CC1. The van der Waals surface area contributed by atoms with Crippen molar-refractivity contribution in [2.75, 3.05) is 6.54 Å². The van der Waals surface area contributed by atoms with Gasteiger partial charge in [0.25, 0.3) is 0 Å². The molecular weight excluding hydrogens is 229 g/mol. The van der Waals surface area contributed by atoms with Crippen molar-refractivity contribution in [2.45, 2.75) is 52.0 Å². The first-order chi connectivity index (χ1) is 8.67. The number of hydrogen-bond acceptors (Lipinski definition) is 2. The zero-order valence-corrected chi connectivity index (χ0v) is 11.2. The van der Waals surface area contributed by atoms with Crippen molar-refractivity contribution >= 4 is 0 Å². The molecule has 3 heteroatoms. The van der Waals surface area contributed by atoms with Crippen LogP contribution >= 0.6 is 0 Å². The van der Waals surface area contributed by atoms with Crippen LogP contribution in [-0.4, -0.2) is 17.7 Å². The molecule has 0 saturated heterocycles. The molecule has 0 saturated carbocycles. The van der Waals surface area contributed by atoms with Gasteiger partial charge in [0.1, 0.15) is 11.6 Å². The number of phenols is 1. The lowest BCUT2D eigenvalue weighted by Gasteiger charge is -2.13. The average Bonchev–Trinajstić information content (AvgIpc) is 2.53. The molecule has 0 heterocycles. The number of halogens is 1. The van der Waals surface area contributed by atoms with Gasteiger partial charge in [0.15, 0.2) is 0 Å². The number of benzene rings is 1. The van der Waals surface area contributed by atoms with Crippen molar-refractivity contribution in [2.24, 2.45) is 0 Å². The normalized spacial score (nSPS) is 19.4. The number of rotatable bonds is 3. The summed E-state index contributed by atoms with van der Waals surface area (Å²) in [5, 5.41) is 13.3. The third-order valence-corrected chi connectivity index (χ3v) is 3.89. The molecule has 0 bridgehead atoms. The molecule has 2 rings (SSSR count). The maximum absolute atomic E-state index is 14.3. The minimum absolute atomic E-state index is 0.121. The Kier molecular flexibility index (Phi) is 4.23. The van der Waals surface area contributed by atoms with Crippen molar-refractivity contribution in [3.05, 3.63) is 28.6 Å². The molecule has 1 aromatic carbocycles. The van der Waals surface area contributed by atoms with Gasteiger partial charge in [-0.3, -0.25) is 0 Å². The molecule has 0 unspecified atom stereocenters. The molecule has 0 radical (unpaired) electrons. The van der Waals surface area contributed by atoms with Crippen LogP contribution in [0.3, 0.4) is 0 Å². The molecule has 1 aromatic rings. The van der Waals surface area contributed by atoms with Crippen LogP contribution in [0, 0.1) is 5.82 Å². The van der Waals surface area contributed by atoms with E-state index in [1.807, 2.05) is 6.92 Å². The Labute approximate surface area is 108 Å². The molecule has 100 valence electrons. The summed E-state index contributed by atoms with van der Waals surface area (Å²) in [5.41, 5.74) is 2.28. The van der Waals surface area contributed by atoms with E-state index in [2.05, 4.69) is 12.2 Å². The van der Waals surface area contributed by atoms with Gasteiger partial charge in [0.05, 0.1) is 0 Å². The van der Waals surface area contributed by atoms with E-state index in [9.17, 15) is 9.50 Å². The van der Waals surface area contributed by atoms with E-state index in [0.29, 0.717) is 18.0 Å². The summed E-state index contributed by atoms with van der Waals surface area (Å²) in [6.07, 6.45) is 4.16. The molecule has 0 aliphatic heterocycles. The molecule has 0 fully saturated rings. The molecule has 0 amide bonds. The first-order valence-electron chi connectivity index (χ1n) is 6.92. The number of fused-ring (bicyclic) bond motifs is 1. The van der Waals surface area contributed by atoms with Gasteiger partial charge in [-0.2, -0.15) is 0 Å². The standard InChI is InChI=1S/C15H22FNO/c1-3-12-14(18)9-10-5-6-11(17-4-2)7-8-13(10)15(12)16/h9,11,17-18H,3-8H2,1-2H3/t11-/m0/s1. The zero-order chi connectivity index (χ0) is 13.1. The molecule has 0 aromatic heterocycles. The molecule has 1 aliphatic rings. The number of nitrogens with one attached hydrogen (secondary N) is 1. The van der Waals surface area contributed by atoms with Gasteiger partial charge in [-0.25, -0.2) is 4.39 Å². The Hall–Kier alpha value is -1.09. The minimum atomic E-state index is -0.176. The first-order valence-corrected chi connectivity index (χ1v) is 6.92. The summed E-state index contributed by atoms with van der Waals surface area (Å²) in [5.74, 6) is -0.0553. The Bertz CT molecular complexity index is 431. The maximum Gasteiger partial charge on any atom is 0.133 e. The van der Waals surface area contributed by atoms with Gasteiger partial charge in [0, 0.05) is 11.6 Å². The molecule has 1 atom stereocenters. The second-order valence-corrected chi connectivity index (χ2v) is 5.01. The number of aryl methyl sites for hydroxylation is 1. The summed E-state index contributed by atoms with van der Waals surface area (Å²) in [6, 6.07) is 2.24. The highest BCUT2D eigenvalue weighted by molar-refractivity contribution is 5.44. The van der Waals surface area contributed by atoms with E-state index < -0.39 is 0 Å². The Balaban J connectivity index is 2.30. The molecule has 2 N–H and O–H groups in total. The van der Waals surface area contributed by atoms with Gasteiger partial charge in [-0.05, 0) is 55.8 Å². The van der Waals surface area contributed by atoms with Crippen LogP contribution in [0.5, 0.6) is 5.75 Å². The lowest BCUT2D eigenvalue weighted by molar-refractivity contribution is 0.456. The Morgan fingerprint density at radius 1 is 1.33 bits per heavy atom. The minimum Gasteiger partial charge on any atom is -0.508 e. The van der Waals surface area contributed by atoms with E-state index in [1.165, 1.54) is 0 Å². The van der Waals surface area contributed by atoms with Gasteiger partial charge in [-0.15, -0.1) is 0 Å². The zero-order valence-electron chi connectivity index (χ0n) is 11.2. The summed E-state index contributed by atoms with van der Waals surface area (Å²) in [7, 11) is 0. The number of hydrogen-bond donors (Lipinski definition) is 2. The molecule has 1 aliphatic carbocycles. The van der Waals surface area contributed by atoms with Crippen LogP contribution in [0.15, 0.2) is 6.07 Å². The van der Waals surface area contributed by atoms with E-state index in [4.69, 9.17) is 0 Å². The predicted molar refractivity (Wildman–Crippen MR) is 71.5 cm³/mol. The van der Waals surface area contributed by atoms with Crippen LogP contribution in [0.4, 0.5) is 4.39 Å². The largest absolute Gasteiger partial charge is 0.508 e. The molecule has 2 nitrogen and oxygen atoms in total. The van der Waals surface area contributed by atoms with Crippen LogP contribution in [0.1, 0.15) is 43.4 Å². The van der Waals surface area contributed by atoms with E-state index in [-0.39, 0.29) is 11.6 Å². The highest BCUT2D eigenvalue weighted by Crippen LogP contribution is 2.31. The van der Waals surface area contributed by atoms with E-state index in [1.54, 1.807) is 6.07 Å². The van der Waals surface area contributed by atoms with Gasteiger partial charge in [0.2, 0.25) is 0 Å². The van der Waals surface area contributed by atoms with Gasteiger partial charge >= 0.3 is 0 Å². The third kappa shape index (κ3) is 2.51. The number of phenolic OH excluding ortho intramolecular Hbond substituents is 1. The van der Waals surface area contributed by atoms with Crippen molar-refractivity contribution in [1.82, 2.24) is 5.32 Å². The highest BCUT2D eigenvalue weighted by Gasteiger charge is 2.21. The summed E-state index contributed by atoms with van der Waals surface area (Å²) < 4.78 is 14.3. The van der Waals surface area contributed by atoms with Crippen molar-refractivity contribution < 1.29 is 9.50 Å². The van der Waals surface area contributed by atoms with E-state index >= 15 is 0 Å². The second-order valence-electron chi connectivity index (χ2n) is 5.01. The number of aromatic hydroxyl groups is 1. The molecular formula is C15H22FNO. The fourth-order valence-electron chi connectivity index (χ4n) is 2.89. The Morgan fingerprint density at radius 2 is 2.06 bits per heavy atom. The van der Waals surface area contributed by atoms with Crippen LogP contribution in [-0.2, 0) is 19.3 Å². The van der Waals surface area contributed by atoms with Gasteiger partial charge in [-0.1, -0.05) is 13.8 Å². The van der Waals surface area contributed by atoms with Crippen LogP contribution < -0.4 is 5.32 Å². The lowest BCUT2D eigenvalue weighted by Crippen LogP contribution is -2.28. The predicted octanol–water partition coefficient (Wildman–Crippen LogP) is 2.95. The van der Waals surface area contributed by atoms with Crippen molar-refractivity contribution in [3.8, 4) is 5.75 Å².